The maximum atomic E-state index is 12.3. The van der Waals surface area contributed by atoms with E-state index in [4.69, 9.17) is 11.6 Å². The molecule has 0 aliphatic heterocycles. The monoisotopic (exact) mass is 342 g/mol. The fourth-order valence-corrected chi connectivity index (χ4v) is 2.57. The van der Waals surface area contributed by atoms with Gasteiger partial charge < -0.3 is 0 Å². The minimum atomic E-state index is 0.0312. The molecule has 0 spiro atoms. The van der Waals surface area contributed by atoms with Gasteiger partial charge in [-0.25, -0.2) is 4.98 Å². The predicted molar refractivity (Wildman–Crippen MR) is 82.9 cm³/mol. The summed E-state index contributed by atoms with van der Waals surface area (Å²) in [6.45, 7) is 0.719. The van der Waals surface area contributed by atoms with E-state index in [-0.39, 0.29) is 5.56 Å². The van der Waals surface area contributed by atoms with Crippen molar-refractivity contribution in [1.82, 2.24) is 9.55 Å². The highest BCUT2D eigenvalue weighted by molar-refractivity contribution is 9.10. The zero-order valence-electron chi connectivity index (χ0n) is 10.6. The number of hydrogen-bond donors (Lipinski definition) is 0. The molecule has 0 bridgehead atoms. The molecule has 0 fully saturated rings. The standard InChI is InChI=1S/C14H16BrClN2O/c15-11-5-6-13-12(9-11)14(19)18(10-17-13)8-4-2-1-3-7-16/h5-6,9-10H,1-4,7-8H2. The molecule has 5 heteroatoms. The Morgan fingerprint density at radius 2 is 2.00 bits per heavy atom. The molecule has 0 unspecified atom stereocenters. The van der Waals surface area contributed by atoms with Crippen LogP contribution < -0.4 is 5.56 Å². The van der Waals surface area contributed by atoms with Crippen molar-refractivity contribution < 1.29 is 0 Å². The van der Waals surface area contributed by atoms with E-state index in [1.165, 1.54) is 0 Å². The molecule has 0 saturated heterocycles. The highest BCUT2D eigenvalue weighted by atomic mass is 79.9. The van der Waals surface area contributed by atoms with Gasteiger partial charge in [0.15, 0.2) is 0 Å². The van der Waals surface area contributed by atoms with E-state index in [9.17, 15) is 4.79 Å². The van der Waals surface area contributed by atoms with Gasteiger partial charge in [-0.3, -0.25) is 9.36 Å². The average Bonchev–Trinajstić information content (AvgIpc) is 2.41. The van der Waals surface area contributed by atoms with Gasteiger partial charge in [-0.15, -0.1) is 11.6 Å². The van der Waals surface area contributed by atoms with Crippen LogP contribution in [0.1, 0.15) is 25.7 Å². The van der Waals surface area contributed by atoms with Crippen molar-refractivity contribution in [2.75, 3.05) is 5.88 Å². The summed E-state index contributed by atoms with van der Waals surface area (Å²) in [4.78, 5) is 16.6. The molecule has 0 atom stereocenters. The van der Waals surface area contributed by atoms with Crippen LogP contribution in [-0.2, 0) is 6.54 Å². The fraction of sp³-hybridized carbons (Fsp3) is 0.429. The van der Waals surface area contributed by atoms with Gasteiger partial charge in [0, 0.05) is 16.9 Å². The van der Waals surface area contributed by atoms with Crippen molar-refractivity contribution in [3.05, 3.63) is 39.4 Å². The zero-order chi connectivity index (χ0) is 13.7. The summed E-state index contributed by atoms with van der Waals surface area (Å²) in [7, 11) is 0. The van der Waals surface area contributed by atoms with Gasteiger partial charge >= 0.3 is 0 Å². The topological polar surface area (TPSA) is 34.9 Å². The second-order valence-electron chi connectivity index (χ2n) is 4.51. The van der Waals surface area contributed by atoms with Crippen LogP contribution in [0.5, 0.6) is 0 Å². The number of hydrogen-bond acceptors (Lipinski definition) is 2. The van der Waals surface area contributed by atoms with Crippen molar-refractivity contribution in [2.45, 2.75) is 32.2 Å². The summed E-state index contributed by atoms with van der Waals surface area (Å²) in [6, 6.07) is 5.57. The lowest BCUT2D eigenvalue weighted by atomic mass is 10.2. The molecule has 0 aliphatic rings. The van der Waals surface area contributed by atoms with E-state index in [0.29, 0.717) is 11.3 Å². The third-order valence-corrected chi connectivity index (χ3v) is 3.83. The van der Waals surface area contributed by atoms with Gasteiger partial charge in [-0.2, -0.15) is 0 Å². The van der Waals surface area contributed by atoms with Crippen molar-refractivity contribution >= 4 is 38.4 Å². The molecular formula is C14H16BrClN2O. The number of aromatic nitrogens is 2. The van der Waals surface area contributed by atoms with Gasteiger partial charge in [0.25, 0.3) is 5.56 Å². The lowest BCUT2D eigenvalue weighted by Gasteiger charge is -2.06. The van der Waals surface area contributed by atoms with Gasteiger partial charge in [0.2, 0.25) is 0 Å². The molecule has 2 aromatic rings. The van der Waals surface area contributed by atoms with Crippen LogP contribution >= 0.6 is 27.5 Å². The molecule has 102 valence electrons. The number of benzene rings is 1. The number of rotatable bonds is 6. The first-order chi connectivity index (χ1) is 9.22. The summed E-state index contributed by atoms with van der Waals surface area (Å²) in [5.41, 5.74) is 0.773. The maximum absolute atomic E-state index is 12.3. The third-order valence-electron chi connectivity index (χ3n) is 3.07. The van der Waals surface area contributed by atoms with Crippen LogP contribution in [0.25, 0.3) is 10.9 Å². The molecule has 0 aliphatic carbocycles. The van der Waals surface area contributed by atoms with Crippen LogP contribution in [0.15, 0.2) is 33.8 Å². The summed E-state index contributed by atoms with van der Waals surface area (Å²) in [5, 5.41) is 0.664. The molecule has 2 rings (SSSR count). The number of nitrogens with zero attached hydrogens (tertiary/aromatic N) is 2. The van der Waals surface area contributed by atoms with E-state index in [1.807, 2.05) is 18.2 Å². The van der Waals surface area contributed by atoms with Crippen LogP contribution in [-0.4, -0.2) is 15.4 Å². The molecule has 0 N–H and O–H groups in total. The zero-order valence-corrected chi connectivity index (χ0v) is 13.0. The lowest BCUT2D eigenvalue weighted by Crippen LogP contribution is -2.20. The van der Waals surface area contributed by atoms with Crippen LogP contribution in [0.4, 0.5) is 0 Å². The maximum Gasteiger partial charge on any atom is 0.261 e. The molecule has 1 aromatic carbocycles. The fourth-order valence-electron chi connectivity index (χ4n) is 2.02. The molecule has 19 heavy (non-hydrogen) atoms. The van der Waals surface area contributed by atoms with Crippen LogP contribution in [0.3, 0.4) is 0 Å². The normalized spacial score (nSPS) is 11.1. The first-order valence-electron chi connectivity index (χ1n) is 6.43. The predicted octanol–water partition coefficient (Wildman–Crippen LogP) is 3.96. The van der Waals surface area contributed by atoms with E-state index < -0.39 is 0 Å². The summed E-state index contributed by atoms with van der Waals surface area (Å²) in [6.07, 6.45) is 5.87. The smallest absolute Gasteiger partial charge is 0.261 e. The number of halogens is 2. The quantitative estimate of drug-likeness (QED) is 0.588. The van der Waals surface area contributed by atoms with Crippen molar-refractivity contribution in [1.29, 1.82) is 0 Å². The Kier molecular flexibility index (Phi) is 5.40. The second kappa shape index (κ2) is 7.06. The Bertz CT molecular complexity index is 612. The van der Waals surface area contributed by atoms with E-state index in [1.54, 1.807) is 10.9 Å². The average molecular weight is 344 g/mol. The Morgan fingerprint density at radius 1 is 1.21 bits per heavy atom. The Morgan fingerprint density at radius 3 is 2.79 bits per heavy atom. The Labute approximate surface area is 125 Å². The molecule has 1 heterocycles. The van der Waals surface area contributed by atoms with E-state index in [0.717, 1.165) is 42.2 Å². The van der Waals surface area contributed by atoms with Gasteiger partial charge in [-0.1, -0.05) is 28.8 Å². The van der Waals surface area contributed by atoms with Gasteiger partial charge in [-0.05, 0) is 31.0 Å². The SMILES string of the molecule is O=c1c2cc(Br)ccc2ncn1CCCCCCCl. The summed E-state index contributed by atoms with van der Waals surface area (Å²) < 4.78 is 2.59. The first kappa shape index (κ1) is 14.5. The molecule has 0 radical (unpaired) electrons. The van der Waals surface area contributed by atoms with E-state index in [2.05, 4.69) is 20.9 Å². The van der Waals surface area contributed by atoms with Crippen molar-refractivity contribution in [3.8, 4) is 0 Å². The number of alkyl halides is 1. The Hall–Kier alpha value is -0.870. The number of unbranched alkanes of at least 4 members (excludes halogenated alkanes) is 3. The number of fused-ring (bicyclic) bond motifs is 1. The molecule has 3 nitrogen and oxygen atoms in total. The van der Waals surface area contributed by atoms with Gasteiger partial charge in [0.1, 0.15) is 0 Å². The van der Waals surface area contributed by atoms with Gasteiger partial charge in [0.05, 0.1) is 17.2 Å². The summed E-state index contributed by atoms with van der Waals surface area (Å²) in [5.74, 6) is 0.714. The number of aryl methyl sites for hydroxylation is 1. The second-order valence-corrected chi connectivity index (χ2v) is 5.80. The van der Waals surface area contributed by atoms with Crippen LogP contribution in [0, 0.1) is 0 Å². The van der Waals surface area contributed by atoms with Crippen molar-refractivity contribution in [3.63, 3.8) is 0 Å². The van der Waals surface area contributed by atoms with Crippen molar-refractivity contribution in [2.24, 2.45) is 0 Å². The van der Waals surface area contributed by atoms with E-state index >= 15 is 0 Å². The first-order valence-corrected chi connectivity index (χ1v) is 7.76. The van der Waals surface area contributed by atoms with Crippen LogP contribution in [0.2, 0.25) is 0 Å². The highest BCUT2D eigenvalue weighted by Gasteiger charge is 2.04. The minimum absolute atomic E-state index is 0.0312. The Balaban J connectivity index is 2.11. The highest BCUT2D eigenvalue weighted by Crippen LogP contribution is 2.15. The molecule has 0 saturated carbocycles. The molecule has 1 aromatic heterocycles. The largest absolute Gasteiger partial charge is 0.299 e. The molecule has 0 amide bonds. The lowest BCUT2D eigenvalue weighted by molar-refractivity contribution is 0.568. The molecular weight excluding hydrogens is 328 g/mol. The third kappa shape index (κ3) is 3.80. The summed E-state index contributed by atoms with van der Waals surface area (Å²) >= 11 is 9.02. The minimum Gasteiger partial charge on any atom is -0.299 e.